The second-order valence-electron chi connectivity index (χ2n) is 9.70. The number of pyridine rings is 1. The molecular weight excluding hydrogens is 592 g/mol. The van der Waals surface area contributed by atoms with Gasteiger partial charge in [-0.2, -0.15) is 0 Å². The van der Waals surface area contributed by atoms with Crippen LogP contribution in [0.4, 0.5) is 26.3 Å². The number of imidazole rings is 1. The number of fused-ring (bicyclic) bond motifs is 1. The Balaban J connectivity index is 1.39. The molecule has 228 valence electrons. The number of benzene rings is 3. The Morgan fingerprint density at radius 1 is 0.909 bits per heavy atom. The molecule has 0 aliphatic carbocycles. The minimum absolute atomic E-state index is 0.0151. The molecule has 2 heterocycles. The average molecular weight is 616 g/mol. The maximum atomic E-state index is 15.4. The predicted molar refractivity (Wildman–Crippen MR) is 147 cm³/mol. The van der Waals surface area contributed by atoms with Gasteiger partial charge < -0.3 is 19.1 Å². The number of ether oxygens (including phenoxy) is 2. The summed E-state index contributed by atoms with van der Waals surface area (Å²) in [5.41, 5.74) is -0.618. The number of hydrogen-bond donors (Lipinski definition) is 1. The molecule has 5 rings (SSSR count). The van der Waals surface area contributed by atoms with Gasteiger partial charge in [-0.3, -0.25) is 0 Å². The average Bonchev–Trinajstić information content (AvgIpc) is 3.33. The summed E-state index contributed by atoms with van der Waals surface area (Å²) < 4.78 is 96.6. The fraction of sp³-hybridized carbons (Fsp3) is 0.194. The lowest BCUT2D eigenvalue weighted by Crippen LogP contribution is -2.10. The van der Waals surface area contributed by atoms with Crippen molar-refractivity contribution in [2.75, 3.05) is 13.7 Å². The first-order chi connectivity index (χ1) is 21.0. The number of alkyl halides is 2. The van der Waals surface area contributed by atoms with Crippen molar-refractivity contribution in [2.45, 2.75) is 26.0 Å². The molecule has 2 aromatic heterocycles. The third-order valence-electron chi connectivity index (χ3n) is 6.85. The number of aromatic carboxylic acids is 1. The van der Waals surface area contributed by atoms with Gasteiger partial charge >= 0.3 is 5.97 Å². The van der Waals surface area contributed by atoms with E-state index in [0.29, 0.717) is 29.0 Å². The summed E-state index contributed by atoms with van der Waals surface area (Å²) in [6.07, 6.45) is -3.31. The van der Waals surface area contributed by atoms with E-state index in [1.807, 2.05) is 0 Å². The number of methoxy groups -OCH3 is 1. The van der Waals surface area contributed by atoms with Crippen molar-refractivity contribution in [1.29, 1.82) is 0 Å². The van der Waals surface area contributed by atoms with Crippen molar-refractivity contribution in [3.63, 3.8) is 0 Å². The highest BCUT2D eigenvalue weighted by atomic mass is 19.3. The zero-order chi connectivity index (χ0) is 31.5. The third-order valence-corrected chi connectivity index (χ3v) is 6.85. The molecule has 7 nitrogen and oxygen atoms in total. The molecule has 0 unspecified atom stereocenters. The van der Waals surface area contributed by atoms with Crippen molar-refractivity contribution >= 4 is 17.0 Å². The summed E-state index contributed by atoms with van der Waals surface area (Å²) in [6.45, 7) is -0.00798. The highest BCUT2D eigenvalue weighted by molar-refractivity contribution is 5.92. The largest absolute Gasteiger partial charge is 0.478 e. The van der Waals surface area contributed by atoms with Crippen LogP contribution < -0.4 is 4.74 Å². The quantitative estimate of drug-likeness (QED) is 0.160. The van der Waals surface area contributed by atoms with Crippen LogP contribution in [0.5, 0.6) is 5.88 Å². The van der Waals surface area contributed by atoms with Crippen molar-refractivity contribution < 1.29 is 45.7 Å². The van der Waals surface area contributed by atoms with Crippen LogP contribution >= 0.6 is 0 Å². The van der Waals surface area contributed by atoms with E-state index in [1.165, 1.54) is 43.5 Å². The van der Waals surface area contributed by atoms with Gasteiger partial charge in [-0.15, -0.1) is 0 Å². The van der Waals surface area contributed by atoms with Crippen LogP contribution in [0.15, 0.2) is 60.7 Å². The number of hydrogen-bond acceptors (Lipinski definition) is 5. The maximum Gasteiger partial charge on any atom is 0.335 e. The number of rotatable bonds is 11. The summed E-state index contributed by atoms with van der Waals surface area (Å²) in [5, 5.41) is 9.38. The Hall–Kier alpha value is -4.91. The van der Waals surface area contributed by atoms with Gasteiger partial charge in [-0.25, -0.2) is 41.1 Å². The van der Waals surface area contributed by atoms with Gasteiger partial charge in [0.1, 0.15) is 35.7 Å². The van der Waals surface area contributed by atoms with E-state index in [2.05, 4.69) is 9.97 Å². The Bertz CT molecular complexity index is 1860. The van der Waals surface area contributed by atoms with E-state index in [1.54, 1.807) is 4.57 Å². The number of carboxylic acids is 1. The highest BCUT2D eigenvalue weighted by Gasteiger charge is 2.20. The molecule has 44 heavy (non-hydrogen) atoms. The normalized spacial score (nSPS) is 11.5. The SMILES string of the molecule is COCCn1c(Cc2cc(F)c(-c3cccc(OCc4cc(F)c(C(F)F)cc4F)n3)cc2F)nc2ccc(C(=O)O)cc21. The molecule has 0 saturated heterocycles. The van der Waals surface area contributed by atoms with Gasteiger partial charge in [0.15, 0.2) is 0 Å². The fourth-order valence-corrected chi connectivity index (χ4v) is 4.64. The van der Waals surface area contributed by atoms with Crippen molar-refractivity contribution in [3.8, 4) is 17.1 Å². The number of halogens is 6. The zero-order valence-electron chi connectivity index (χ0n) is 23.0. The minimum atomic E-state index is -3.19. The van der Waals surface area contributed by atoms with E-state index in [9.17, 15) is 27.5 Å². The number of nitrogens with zero attached hydrogens (tertiary/aromatic N) is 3. The first-order valence-corrected chi connectivity index (χ1v) is 13.1. The number of aromatic nitrogens is 3. The molecule has 0 radical (unpaired) electrons. The summed E-state index contributed by atoms with van der Waals surface area (Å²) >= 11 is 0. The Labute approximate surface area is 246 Å². The van der Waals surface area contributed by atoms with E-state index in [4.69, 9.17) is 9.47 Å². The molecule has 0 aliphatic heterocycles. The van der Waals surface area contributed by atoms with Crippen LogP contribution in [0.3, 0.4) is 0 Å². The molecule has 0 amide bonds. The van der Waals surface area contributed by atoms with E-state index < -0.39 is 47.8 Å². The van der Waals surface area contributed by atoms with E-state index >= 15 is 8.78 Å². The summed E-state index contributed by atoms with van der Waals surface area (Å²) in [4.78, 5) is 20.1. The molecular formula is C31H23F6N3O4. The molecule has 0 spiro atoms. The maximum absolute atomic E-state index is 15.4. The fourth-order valence-electron chi connectivity index (χ4n) is 4.64. The Morgan fingerprint density at radius 2 is 1.66 bits per heavy atom. The molecule has 3 aromatic carbocycles. The van der Waals surface area contributed by atoms with Gasteiger partial charge in [-0.1, -0.05) is 6.07 Å². The summed E-state index contributed by atoms with van der Waals surface area (Å²) in [6, 6.07) is 11.5. The molecule has 5 aromatic rings. The van der Waals surface area contributed by atoms with Gasteiger partial charge in [0.2, 0.25) is 5.88 Å². The van der Waals surface area contributed by atoms with Crippen LogP contribution in [0, 0.1) is 23.3 Å². The van der Waals surface area contributed by atoms with Gasteiger partial charge in [0.05, 0.1) is 34.5 Å². The van der Waals surface area contributed by atoms with Crippen LogP contribution in [-0.2, 0) is 24.3 Å². The summed E-state index contributed by atoms with van der Waals surface area (Å²) in [7, 11) is 1.49. The molecule has 13 heteroatoms. The van der Waals surface area contributed by atoms with Crippen LogP contribution in [0.1, 0.15) is 39.3 Å². The van der Waals surface area contributed by atoms with Crippen molar-refractivity contribution in [3.05, 3.63) is 112 Å². The van der Waals surface area contributed by atoms with Crippen LogP contribution in [0.25, 0.3) is 22.3 Å². The van der Waals surface area contributed by atoms with Gasteiger partial charge in [-0.05, 0) is 54.1 Å². The summed E-state index contributed by atoms with van der Waals surface area (Å²) in [5.74, 6) is -4.85. The molecule has 0 aliphatic rings. The first kappa shape index (κ1) is 30.5. The second-order valence-corrected chi connectivity index (χ2v) is 9.70. The molecule has 0 saturated carbocycles. The Kier molecular flexibility index (Phi) is 8.86. The molecule has 1 N–H and O–H groups in total. The molecule has 0 atom stereocenters. The first-order valence-electron chi connectivity index (χ1n) is 13.1. The monoisotopic (exact) mass is 615 g/mol. The molecule has 0 bridgehead atoms. The standard InChI is InChI=1S/C31H23F6N3O4/c1-43-8-7-40-27-11-16(31(41)42)5-6-26(27)38-28(40)12-17-9-23(34)19(13-21(17)32)25-3-2-4-29(39-25)44-15-18-10-24(35)20(30(36)37)14-22(18)33/h2-6,9-11,13-14,30H,7-8,12,15H2,1H3,(H,41,42). The topological polar surface area (TPSA) is 86.5 Å². The highest BCUT2D eigenvalue weighted by Crippen LogP contribution is 2.29. The second kappa shape index (κ2) is 12.8. The van der Waals surface area contributed by atoms with Gasteiger partial charge in [0, 0.05) is 37.3 Å². The lowest BCUT2D eigenvalue weighted by molar-refractivity contribution is 0.0697. The third kappa shape index (κ3) is 6.37. The Morgan fingerprint density at radius 3 is 2.39 bits per heavy atom. The van der Waals surface area contributed by atoms with Crippen LogP contribution in [0.2, 0.25) is 0 Å². The zero-order valence-corrected chi connectivity index (χ0v) is 23.0. The van der Waals surface area contributed by atoms with Crippen LogP contribution in [-0.4, -0.2) is 39.3 Å². The van der Waals surface area contributed by atoms with Crippen molar-refractivity contribution in [1.82, 2.24) is 14.5 Å². The number of carboxylic acid groups (broad SMARTS) is 1. The number of carbonyl (C=O) groups is 1. The van der Waals surface area contributed by atoms with E-state index in [-0.39, 0.29) is 53.4 Å². The lowest BCUT2D eigenvalue weighted by Gasteiger charge is -2.12. The van der Waals surface area contributed by atoms with E-state index in [0.717, 1.165) is 12.1 Å². The minimum Gasteiger partial charge on any atom is -0.478 e. The van der Waals surface area contributed by atoms with Crippen molar-refractivity contribution in [2.24, 2.45) is 0 Å². The van der Waals surface area contributed by atoms with Gasteiger partial charge in [0.25, 0.3) is 6.43 Å². The molecule has 0 fully saturated rings. The predicted octanol–water partition coefficient (Wildman–Crippen LogP) is 7.11. The smallest absolute Gasteiger partial charge is 0.335 e. The lowest BCUT2D eigenvalue weighted by atomic mass is 10.0.